The molecule has 31 heavy (non-hydrogen) atoms. The SMILES string of the molecule is COc1ccc(NC(=O)Nc2nc(CCC(=O)Nc3cc(Cl)ccc3OC)cs2)cc1. The smallest absolute Gasteiger partial charge is 0.325 e. The lowest BCUT2D eigenvalue weighted by Crippen LogP contribution is -2.19. The molecule has 0 aliphatic carbocycles. The van der Waals surface area contributed by atoms with Crippen molar-refractivity contribution in [3.8, 4) is 11.5 Å². The van der Waals surface area contributed by atoms with Gasteiger partial charge in [-0.15, -0.1) is 11.3 Å². The third-order valence-corrected chi connectivity index (χ3v) is 5.21. The Kier molecular flexibility index (Phi) is 7.69. The molecule has 0 spiro atoms. The Labute approximate surface area is 188 Å². The minimum atomic E-state index is -0.406. The summed E-state index contributed by atoms with van der Waals surface area (Å²) in [5, 5.41) is 10.9. The molecule has 10 heteroatoms. The van der Waals surface area contributed by atoms with Crippen molar-refractivity contribution in [3.05, 3.63) is 58.6 Å². The zero-order valence-corrected chi connectivity index (χ0v) is 18.5. The van der Waals surface area contributed by atoms with Gasteiger partial charge in [0.1, 0.15) is 11.5 Å². The summed E-state index contributed by atoms with van der Waals surface area (Å²) in [6.07, 6.45) is 0.643. The number of methoxy groups -OCH3 is 2. The molecule has 3 N–H and O–H groups in total. The van der Waals surface area contributed by atoms with Crippen LogP contribution in [0, 0.1) is 0 Å². The van der Waals surface area contributed by atoms with Gasteiger partial charge < -0.3 is 20.1 Å². The molecule has 3 amide bonds. The van der Waals surface area contributed by atoms with Crippen LogP contribution in [0.3, 0.4) is 0 Å². The molecule has 162 valence electrons. The van der Waals surface area contributed by atoms with Crippen LogP contribution < -0.4 is 25.4 Å². The van der Waals surface area contributed by atoms with E-state index in [2.05, 4.69) is 20.9 Å². The summed E-state index contributed by atoms with van der Waals surface area (Å²) in [5.74, 6) is 1.04. The average Bonchev–Trinajstić information content (AvgIpc) is 3.20. The quantitative estimate of drug-likeness (QED) is 0.437. The van der Waals surface area contributed by atoms with Gasteiger partial charge in [-0.05, 0) is 48.9 Å². The number of anilines is 3. The van der Waals surface area contributed by atoms with Crippen LogP contribution in [0.1, 0.15) is 12.1 Å². The van der Waals surface area contributed by atoms with E-state index in [1.54, 1.807) is 55.0 Å². The molecule has 0 fully saturated rings. The van der Waals surface area contributed by atoms with Crippen LogP contribution in [0.15, 0.2) is 47.8 Å². The van der Waals surface area contributed by atoms with E-state index in [0.29, 0.717) is 45.1 Å². The first kappa shape index (κ1) is 22.4. The van der Waals surface area contributed by atoms with Gasteiger partial charge in [0.2, 0.25) is 5.91 Å². The lowest BCUT2D eigenvalue weighted by Gasteiger charge is -2.10. The Hall–Kier alpha value is -3.30. The number of hydrogen-bond donors (Lipinski definition) is 3. The highest BCUT2D eigenvalue weighted by atomic mass is 35.5. The first-order chi connectivity index (χ1) is 15.0. The normalized spacial score (nSPS) is 10.3. The number of ether oxygens (including phenoxy) is 2. The number of amides is 3. The second-order valence-corrected chi connectivity index (χ2v) is 7.64. The van der Waals surface area contributed by atoms with Crippen LogP contribution in [0.2, 0.25) is 5.02 Å². The Morgan fingerprint density at radius 3 is 2.52 bits per heavy atom. The molecular weight excluding hydrogens is 440 g/mol. The van der Waals surface area contributed by atoms with E-state index in [-0.39, 0.29) is 12.3 Å². The summed E-state index contributed by atoms with van der Waals surface area (Å²) in [5.41, 5.74) is 1.84. The maximum atomic E-state index is 12.3. The fraction of sp³-hybridized carbons (Fsp3) is 0.190. The monoisotopic (exact) mass is 460 g/mol. The number of rotatable bonds is 8. The van der Waals surface area contributed by atoms with Crippen molar-refractivity contribution in [1.29, 1.82) is 0 Å². The van der Waals surface area contributed by atoms with E-state index in [1.165, 1.54) is 18.4 Å². The number of nitrogens with one attached hydrogen (secondary N) is 3. The van der Waals surface area contributed by atoms with Crippen LogP contribution in [0.4, 0.5) is 21.3 Å². The standard InChI is InChI=1S/C21H21ClN4O4S/c1-29-16-7-4-14(5-8-16)23-20(28)26-21-24-15(12-31-21)6-10-19(27)25-17-11-13(22)3-9-18(17)30-2/h3-5,7-9,11-12H,6,10H2,1-2H3,(H,25,27)(H2,23,24,26,28). The highest BCUT2D eigenvalue weighted by molar-refractivity contribution is 7.13. The van der Waals surface area contributed by atoms with E-state index in [4.69, 9.17) is 21.1 Å². The molecule has 0 bridgehead atoms. The molecule has 0 unspecified atom stereocenters. The highest BCUT2D eigenvalue weighted by Crippen LogP contribution is 2.28. The van der Waals surface area contributed by atoms with Crippen molar-refractivity contribution in [3.63, 3.8) is 0 Å². The van der Waals surface area contributed by atoms with E-state index in [0.717, 1.165) is 0 Å². The third-order valence-electron chi connectivity index (χ3n) is 4.16. The molecular formula is C21H21ClN4O4S. The van der Waals surface area contributed by atoms with E-state index in [1.807, 2.05) is 0 Å². The molecule has 0 saturated carbocycles. The molecule has 3 rings (SSSR count). The Bertz CT molecular complexity index is 1060. The van der Waals surface area contributed by atoms with Gasteiger partial charge in [-0.25, -0.2) is 9.78 Å². The molecule has 1 aromatic heterocycles. The summed E-state index contributed by atoms with van der Waals surface area (Å²) in [6, 6.07) is 11.6. The number of hydrogen-bond acceptors (Lipinski definition) is 6. The fourth-order valence-electron chi connectivity index (χ4n) is 2.65. The van der Waals surface area contributed by atoms with Gasteiger partial charge >= 0.3 is 6.03 Å². The van der Waals surface area contributed by atoms with Crippen molar-refractivity contribution >= 4 is 51.4 Å². The van der Waals surface area contributed by atoms with Crippen molar-refractivity contribution < 1.29 is 19.1 Å². The van der Waals surface area contributed by atoms with E-state index in [9.17, 15) is 9.59 Å². The van der Waals surface area contributed by atoms with Crippen molar-refractivity contribution in [2.24, 2.45) is 0 Å². The summed E-state index contributed by atoms with van der Waals surface area (Å²) >= 11 is 7.26. The Morgan fingerprint density at radius 1 is 1.03 bits per heavy atom. The molecule has 8 nitrogen and oxygen atoms in total. The number of aromatic nitrogens is 1. The number of halogens is 1. The zero-order chi connectivity index (χ0) is 22.2. The average molecular weight is 461 g/mol. The van der Waals surface area contributed by atoms with E-state index >= 15 is 0 Å². The minimum Gasteiger partial charge on any atom is -0.497 e. The molecule has 2 aromatic carbocycles. The van der Waals surface area contributed by atoms with E-state index < -0.39 is 6.03 Å². The van der Waals surface area contributed by atoms with Crippen molar-refractivity contribution in [2.45, 2.75) is 12.8 Å². The number of urea groups is 1. The van der Waals surface area contributed by atoms with Gasteiger partial charge in [-0.1, -0.05) is 11.6 Å². The maximum absolute atomic E-state index is 12.3. The molecule has 0 aliphatic rings. The second-order valence-electron chi connectivity index (χ2n) is 6.34. The Morgan fingerprint density at radius 2 is 1.81 bits per heavy atom. The van der Waals surface area contributed by atoms with Crippen molar-refractivity contribution in [1.82, 2.24) is 4.98 Å². The fourth-order valence-corrected chi connectivity index (χ4v) is 3.56. The van der Waals surface area contributed by atoms with Crippen LogP contribution >= 0.6 is 22.9 Å². The topological polar surface area (TPSA) is 102 Å². The van der Waals surface area contributed by atoms with Crippen LogP contribution in [-0.4, -0.2) is 31.1 Å². The van der Waals surface area contributed by atoms with Gasteiger partial charge in [-0.3, -0.25) is 10.1 Å². The van der Waals surface area contributed by atoms with Gasteiger partial charge in [0.15, 0.2) is 5.13 Å². The van der Waals surface area contributed by atoms with Crippen LogP contribution in [0.5, 0.6) is 11.5 Å². The highest BCUT2D eigenvalue weighted by Gasteiger charge is 2.11. The first-order valence-electron chi connectivity index (χ1n) is 9.26. The summed E-state index contributed by atoms with van der Waals surface area (Å²) in [7, 11) is 3.10. The third kappa shape index (κ3) is 6.59. The maximum Gasteiger partial charge on any atom is 0.325 e. The number of nitrogens with zero attached hydrogens (tertiary/aromatic N) is 1. The van der Waals surface area contributed by atoms with Crippen molar-refractivity contribution in [2.75, 3.05) is 30.2 Å². The number of thiazole rings is 1. The van der Waals surface area contributed by atoms with Crippen LogP contribution in [-0.2, 0) is 11.2 Å². The Balaban J connectivity index is 1.48. The first-order valence-corrected chi connectivity index (χ1v) is 10.5. The minimum absolute atomic E-state index is 0.194. The molecule has 0 radical (unpaired) electrons. The predicted octanol–water partition coefficient (Wildman–Crippen LogP) is 5.03. The number of benzene rings is 2. The summed E-state index contributed by atoms with van der Waals surface area (Å²) in [6.45, 7) is 0. The molecule has 3 aromatic rings. The summed E-state index contributed by atoms with van der Waals surface area (Å²) in [4.78, 5) is 28.8. The second kappa shape index (κ2) is 10.6. The van der Waals surface area contributed by atoms with Gasteiger partial charge in [0.25, 0.3) is 0 Å². The lowest BCUT2D eigenvalue weighted by atomic mass is 10.2. The lowest BCUT2D eigenvalue weighted by molar-refractivity contribution is -0.116. The number of carbonyl (C=O) groups excluding carboxylic acids is 2. The molecule has 0 aliphatic heterocycles. The number of carbonyl (C=O) groups is 2. The molecule has 0 atom stereocenters. The predicted molar refractivity (Wildman–Crippen MR) is 123 cm³/mol. The largest absolute Gasteiger partial charge is 0.497 e. The van der Waals surface area contributed by atoms with Gasteiger partial charge in [-0.2, -0.15) is 0 Å². The molecule has 0 saturated heterocycles. The van der Waals surface area contributed by atoms with Gasteiger partial charge in [0.05, 0.1) is 25.6 Å². The summed E-state index contributed by atoms with van der Waals surface area (Å²) < 4.78 is 10.3. The van der Waals surface area contributed by atoms with Crippen LogP contribution in [0.25, 0.3) is 0 Å². The zero-order valence-electron chi connectivity index (χ0n) is 16.9. The molecule has 1 heterocycles. The van der Waals surface area contributed by atoms with Gasteiger partial charge in [0, 0.05) is 22.5 Å². The number of aryl methyl sites for hydroxylation is 1.